The lowest BCUT2D eigenvalue weighted by Gasteiger charge is -2.14. The summed E-state index contributed by atoms with van der Waals surface area (Å²) in [6.45, 7) is 1.83. The zero-order valence-electron chi connectivity index (χ0n) is 10.3. The lowest BCUT2D eigenvalue weighted by Crippen LogP contribution is -2.32. The van der Waals surface area contributed by atoms with Crippen molar-refractivity contribution in [3.63, 3.8) is 0 Å². The second-order valence-corrected chi connectivity index (χ2v) is 5.84. The van der Waals surface area contributed by atoms with Crippen molar-refractivity contribution in [3.8, 4) is 0 Å². The molecule has 5 nitrogen and oxygen atoms in total. The number of nitrogens with zero attached hydrogens (tertiary/aromatic N) is 2. The molecule has 0 fully saturated rings. The second kappa shape index (κ2) is 6.17. The van der Waals surface area contributed by atoms with Gasteiger partial charge in [0.2, 0.25) is 5.91 Å². The highest BCUT2D eigenvalue weighted by Gasteiger charge is 2.22. The van der Waals surface area contributed by atoms with E-state index in [1.54, 1.807) is 0 Å². The van der Waals surface area contributed by atoms with E-state index in [4.69, 9.17) is 41.2 Å². The van der Waals surface area contributed by atoms with Crippen LogP contribution >= 0.6 is 47.1 Å². The summed E-state index contributed by atoms with van der Waals surface area (Å²) >= 11 is 18.0. The van der Waals surface area contributed by atoms with E-state index in [1.807, 2.05) is 6.92 Å². The van der Waals surface area contributed by atoms with Crippen molar-refractivity contribution >= 4 is 74.8 Å². The van der Waals surface area contributed by atoms with Crippen LogP contribution in [0.1, 0.15) is 13.3 Å². The van der Waals surface area contributed by atoms with Gasteiger partial charge in [0.25, 0.3) is 0 Å². The number of amides is 1. The van der Waals surface area contributed by atoms with Gasteiger partial charge in [-0.15, -0.1) is 0 Å². The van der Waals surface area contributed by atoms with E-state index in [0.29, 0.717) is 33.2 Å². The first kappa shape index (κ1) is 15.4. The van der Waals surface area contributed by atoms with E-state index in [-0.39, 0.29) is 10.9 Å². The molecule has 0 saturated carbocycles. The first-order valence-corrected chi connectivity index (χ1v) is 7.55. The second-order valence-electron chi connectivity index (χ2n) is 4.03. The van der Waals surface area contributed by atoms with Crippen molar-refractivity contribution in [2.45, 2.75) is 13.3 Å². The Balaban J connectivity index is 2.41. The topological polar surface area (TPSA) is 80.9 Å². The van der Waals surface area contributed by atoms with Gasteiger partial charge in [-0.25, -0.2) is 0 Å². The molecule has 9 heteroatoms. The highest BCUT2D eigenvalue weighted by atomic mass is 35.5. The lowest BCUT2D eigenvalue weighted by atomic mass is 10.1. The molecule has 20 heavy (non-hydrogen) atoms. The highest BCUT2D eigenvalue weighted by Crippen LogP contribution is 2.35. The van der Waals surface area contributed by atoms with Gasteiger partial charge >= 0.3 is 0 Å². The van der Waals surface area contributed by atoms with E-state index in [0.717, 1.165) is 11.7 Å². The molecule has 0 aliphatic carbocycles. The molecule has 1 amide bonds. The van der Waals surface area contributed by atoms with Gasteiger partial charge in [-0.05, 0) is 12.5 Å². The molecule has 3 N–H and O–H groups in total. The van der Waals surface area contributed by atoms with Crippen LogP contribution in [0.5, 0.6) is 0 Å². The van der Waals surface area contributed by atoms with Crippen molar-refractivity contribution in [2.75, 3.05) is 5.32 Å². The molecule has 1 atom stereocenters. The third-order valence-corrected chi connectivity index (χ3v) is 4.16. The lowest BCUT2D eigenvalue weighted by molar-refractivity contribution is -0.118. The summed E-state index contributed by atoms with van der Waals surface area (Å²) in [7, 11) is 0. The number of nitrogens with one attached hydrogen (secondary N) is 1. The quantitative estimate of drug-likeness (QED) is 0.828. The van der Waals surface area contributed by atoms with E-state index >= 15 is 0 Å². The Hall–Kier alpha value is -1.02. The summed E-state index contributed by atoms with van der Waals surface area (Å²) in [5.74, 6) is -0.878. The Morgan fingerprint density at radius 2 is 2.10 bits per heavy atom. The number of thiocarbonyl (C=S) groups is 1. The monoisotopic (exact) mass is 348 g/mol. The van der Waals surface area contributed by atoms with Crippen LogP contribution in [0.3, 0.4) is 0 Å². The van der Waals surface area contributed by atoms with Gasteiger partial charge < -0.3 is 11.1 Å². The van der Waals surface area contributed by atoms with Crippen molar-refractivity contribution in [3.05, 3.63) is 16.1 Å². The standard InChI is InChI=1S/C11H10Cl2N4OS2/c1-2-4(10(14)19)11(18)15-7-5(12)3-6(13)8-9(7)17-20-16-8/h3-4H,2H2,1H3,(H2,14,19)(H,15,18). The predicted octanol–water partition coefficient (Wildman–Crippen LogP) is 3.25. The zero-order valence-corrected chi connectivity index (χ0v) is 13.5. The van der Waals surface area contributed by atoms with Gasteiger partial charge in [0.15, 0.2) is 0 Å². The zero-order chi connectivity index (χ0) is 14.9. The minimum Gasteiger partial charge on any atom is -0.393 e. The summed E-state index contributed by atoms with van der Waals surface area (Å²) in [4.78, 5) is 12.3. The normalized spacial score (nSPS) is 12.3. The third kappa shape index (κ3) is 2.85. The molecule has 1 heterocycles. The fraction of sp³-hybridized carbons (Fsp3) is 0.273. The number of hydrogen-bond donors (Lipinski definition) is 2. The van der Waals surface area contributed by atoms with Gasteiger partial charge in [-0.1, -0.05) is 42.3 Å². The van der Waals surface area contributed by atoms with Crippen LogP contribution in [0.25, 0.3) is 11.0 Å². The van der Waals surface area contributed by atoms with E-state index in [1.165, 1.54) is 6.07 Å². The molecule has 106 valence electrons. The van der Waals surface area contributed by atoms with E-state index in [9.17, 15) is 4.79 Å². The predicted molar refractivity (Wildman–Crippen MR) is 86.6 cm³/mol. The number of rotatable bonds is 4. The van der Waals surface area contributed by atoms with Gasteiger partial charge in [-0.2, -0.15) is 8.75 Å². The first-order chi connectivity index (χ1) is 9.45. The number of aromatic nitrogens is 2. The van der Waals surface area contributed by atoms with Gasteiger partial charge in [0, 0.05) is 0 Å². The molecule has 2 aromatic rings. The largest absolute Gasteiger partial charge is 0.393 e. The highest BCUT2D eigenvalue weighted by molar-refractivity contribution is 7.80. The molecular weight excluding hydrogens is 339 g/mol. The number of carbonyl (C=O) groups is 1. The van der Waals surface area contributed by atoms with Crippen LogP contribution in [-0.2, 0) is 4.79 Å². The Bertz CT molecular complexity index is 688. The first-order valence-electron chi connectivity index (χ1n) is 5.66. The molecule has 0 radical (unpaired) electrons. The van der Waals surface area contributed by atoms with Crippen LogP contribution < -0.4 is 11.1 Å². The summed E-state index contributed by atoms with van der Waals surface area (Å²) in [6, 6.07) is 1.52. The summed E-state index contributed by atoms with van der Waals surface area (Å²) in [5.41, 5.74) is 6.88. The maximum absolute atomic E-state index is 12.2. The molecule has 0 spiro atoms. The molecule has 1 unspecified atom stereocenters. The van der Waals surface area contributed by atoms with Crippen LogP contribution in [0.15, 0.2) is 6.07 Å². The van der Waals surface area contributed by atoms with Crippen molar-refractivity contribution < 1.29 is 4.79 Å². The number of carbonyl (C=O) groups excluding carboxylic acids is 1. The Morgan fingerprint density at radius 1 is 1.45 bits per heavy atom. The third-order valence-electron chi connectivity index (χ3n) is 2.76. The average Bonchev–Trinajstić information content (AvgIpc) is 2.84. The number of benzene rings is 1. The van der Waals surface area contributed by atoms with E-state index < -0.39 is 5.92 Å². The number of anilines is 1. The molecule has 0 bridgehead atoms. The maximum Gasteiger partial charge on any atom is 0.234 e. The molecule has 0 aliphatic rings. The summed E-state index contributed by atoms with van der Waals surface area (Å²) < 4.78 is 8.17. The van der Waals surface area contributed by atoms with Crippen LogP contribution in [0, 0.1) is 5.92 Å². The SMILES string of the molecule is CCC(C(=O)Nc1c(Cl)cc(Cl)c2nsnc12)C(N)=S. The maximum atomic E-state index is 12.2. The van der Waals surface area contributed by atoms with Crippen LogP contribution in [0.4, 0.5) is 5.69 Å². The summed E-state index contributed by atoms with van der Waals surface area (Å²) in [5, 5.41) is 3.39. The van der Waals surface area contributed by atoms with Gasteiger partial charge in [-0.3, -0.25) is 4.79 Å². The minimum absolute atomic E-state index is 0.141. The molecule has 2 rings (SSSR count). The Labute approximate surface area is 134 Å². The van der Waals surface area contributed by atoms with Crippen molar-refractivity contribution in [1.82, 2.24) is 8.75 Å². The van der Waals surface area contributed by atoms with Gasteiger partial charge in [0.1, 0.15) is 11.0 Å². The van der Waals surface area contributed by atoms with Crippen molar-refractivity contribution in [2.24, 2.45) is 11.7 Å². The van der Waals surface area contributed by atoms with Crippen molar-refractivity contribution in [1.29, 1.82) is 0 Å². The number of nitrogens with two attached hydrogens (primary N) is 1. The average molecular weight is 349 g/mol. The molecule has 1 aromatic heterocycles. The van der Waals surface area contributed by atoms with Crippen LogP contribution in [0.2, 0.25) is 10.0 Å². The minimum atomic E-state index is -0.557. The fourth-order valence-electron chi connectivity index (χ4n) is 1.72. The Morgan fingerprint density at radius 3 is 2.70 bits per heavy atom. The van der Waals surface area contributed by atoms with E-state index in [2.05, 4.69) is 14.1 Å². The molecule has 0 aliphatic heterocycles. The Kier molecular flexibility index (Phi) is 4.74. The number of halogens is 2. The molecule has 0 saturated heterocycles. The summed E-state index contributed by atoms with van der Waals surface area (Å²) in [6.07, 6.45) is 0.505. The molecule has 1 aromatic carbocycles. The van der Waals surface area contributed by atoms with Crippen LogP contribution in [-0.4, -0.2) is 19.6 Å². The molecular formula is C11H10Cl2N4OS2. The fourth-order valence-corrected chi connectivity index (χ4v) is 3.15. The number of hydrogen-bond acceptors (Lipinski definition) is 5. The van der Waals surface area contributed by atoms with Gasteiger partial charge in [0.05, 0.1) is 38.4 Å². The number of fused-ring (bicyclic) bond motifs is 1. The smallest absolute Gasteiger partial charge is 0.234 e.